The summed E-state index contributed by atoms with van der Waals surface area (Å²) in [6.45, 7) is 0. The number of rotatable bonds is 8. The summed E-state index contributed by atoms with van der Waals surface area (Å²) in [7, 11) is -3.32. The SMILES string of the molecule is O=S(=O)(CCc1ccncc1)N[C@H]1CC[C@H](Oc2ccc3c(c2)CC[C@@H](c2ccccc2)O3)CC1. The Morgan fingerprint density at radius 2 is 1.71 bits per heavy atom. The van der Waals surface area contributed by atoms with E-state index in [2.05, 4.69) is 27.9 Å². The number of sulfonamides is 1. The van der Waals surface area contributed by atoms with Crippen LogP contribution in [0.3, 0.4) is 0 Å². The minimum atomic E-state index is -3.32. The Bertz CT molecular complexity index is 1210. The highest BCUT2D eigenvalue weighted by molar-refractivity contribution is 7.89. The third kappa shape index (κ3) is 6.41. The second kappa shape index (κ2) is 10.8. The van der Waals surface area contributed by atoms with E-state index in [1.807, 2.05) is 42.5 Å². The lowest BCUT2D eigenvalue weighted by atomic mass is 9.93. The van der Waals surface area contributed by atoms with Gasteiger partial charge in [-0.1, -0.05) is 30.3 Å². The highest BCUT2D eigenvalue weighted by Crippen LogP contribution is 2.37. The molecule has 0 bridgehead atoms. The molecule has 7 heteroatoms. The van der Waals surface area contributed by atoms with Crippen molar-refractivity contribution >= 4 is 10.0 Å². The molecule has 0 radical (unpaired) electrons. The fourth-order valence-corrected chi connectivity index (χ4v) is 6.31. The van der Waals surface area contributed by atoms with Crippen LogP contribution in [0.1, 0.15) is 54.9 Å². The number of hydrogen-bond donors (Lipinski definition) is 1. The Hall–Kier alpha value is -2.90. The van der Waals surface area contributed by atoms with Crippen molar-refractivity contribution in [3.05, 3.63) is 89.7 Å². The number of hydrogen-bond acceptors (Lipinski definition) is 5. The van der Waals surface area contributed by atoms with Gasteiger partial charge in [0.2, 0.25) is 10.0 Å². The van der Waals surface area contributed by atoms with Crippen molar-refractivity contribution in [1.29, 1.82) is 0 Å². The van der Waals surface area contributed by atoms with Crippen LogP contribution in [-0.2, 0) is 22.9 Å². The fraction of sp³-hybridized carbons (Fsp3) is 0.393. The Morgan fingerprint density at radius 1 is 0.943 bits per heavy atom. The molecule has 0 amide bonds. The van der Waals surface area contributed by atoms with Crippen molar-refractivity contribution < 1.29 is 17.9 Å². The lowest BCUT2D eigenvalue weighted by Crippen LogP contribution is -2.40. The van der Waals surface area contributed by atoms with E-state index in [9.17, 15) is 8.42 Å². The maximum absolute atomic E-state index is 12.5. The molecule has 184 valence electrons. The van der Waals surface area contributed by atoms with Gasteiger partial charge in [-0.05, 0) is 92.0 Å². The highest BCUT2D eigenvalue weighted by atomic mass is 32.2. The number of aromatic nitrogens is 1. The molecule has 3 aromatic rings. The van der Waals surface area contributed by atoms with E-state index in [4.69, 9.17) is 9.47 Å². The monoisotopic (exact) mass is 492 g/mol. The smallest absolute Gasteiger partial charge is 0.212 e. The van der Waals surface area contributed by atoms with Crippen molar-refractivity contribution in [2.45, 2.75) is 63.2 Å². The molecule has 1 atom stereocenters. The largest absolute Gasteiger partial charge is 0.490 e. The Labute approximate surface area is 207 Å². The molecule has 1 aromatic heterocycles. The molecule has 0 saturated heterocycles. The summed E-state index contributed by atoms with van der Waals surface area (Å²) in [6.07, 6.45) is 9.21. The molecule has 0 unspecified atom stereocenters. The number of ether oxygens (including phenoxy) is 2. The third-order valence-corrected chi connectivity index (χ3v) is 8.31. The van der Waals surface area contributed by atoms with Gasteiger partial charge in [-0.2, -0.15) is 0 Å². The molecule has 1 aliphatic carbocycles. The van der Waals surface area contributed by atoms with Crippen LogP contribution < -0.4 is 14.2 Å². The summed E-state index contributed by atoms with van der Waals surface area (Å²) in [6, 6.07) is 20.1. The van der Waals surface area contributed by atoms with Gasteiger partial charge in [0.05, 0.1) is 11.9 Å². The van der Waals surface area contributed by atoms with Crippen molar-refractivity contribution in [2.75, 3.05) is 5.75 Å². The van der Waals surface area contributed by atoms with Crippen LogP contribution in [0.4, 0.5) is 0 Å². The molecule has 2 heterocycles. The summed E-state index contributed by atoms with van der Waals surface area (Å²) in [5.41, 5.74) is 3.38. The Balaban J connectivity index is 1.09. The van der Waals surface area contributed by atoms with Crippen LogP contribution in [0.2, 0.25) is 0 Å². The highest BCUT2D eigenvalue weighted by Gasteiger charge is 2.27. The molecule has 1 fully saturated rings. The molecule has 1 saturated carbocycles. The van der Waals surface area contributed by atoms with Gasteiger partial charge in [0.15, 0.2) is 0 Å². The van der Waals surface area contributed by atoms with Gasteiger partial charge < -0.3 is 9.47 Å². The van der Waals surface area contributed by atoms with Crippen molar-refractivity contribution in [1.82, 2.24) is 9.71 Å². The zero-order valence-corrected chi connectivity index (χ0v) is 20.6. The first kappa shape index (κ1) is 23.8. The van der Waals surface area contributed by atoms with E-state index in [-0.39, 0.29) is 24.0 Å². The number of benzene rings is 2. The number of pyridine rings is 1. The van der Waals surface area contributed by atoms with Crippen molar-refractivity contribution in [3.8, 4) is 11.5 Å². The van der Waals surface area contributed by atoms with E-state index in [1.165, 1.54) is 11.1 Å². The van der Waals surface area contributed by atoms with Crippen LogP contribution in [0.5, 0.6) is 11.5 Å². The van der Waals surface area contributed by atoms with Crippen LogP contribution in [0.25, 0.3) is 0 Å². The lowest BCUT2D eigenvalue weighted by molar-refractivity contribution is 0.142. The summed E-state index contributed by atoms with van der Waals surface area (Å²) >= 11 is 0. The topological polar surface area (TPSA) is 77.5 Å². The van der Waals surface area contributed by atoms with Crippen LogP contribution in [-0.4, -0.2) is 31.3 Å². The van der Waals surface area contributed by atoms with Crippen LogP contribution >= 0.6 is 0 Å². The molecule has 6 nitrogen and oxygen atoms in total. The number of aryl methyl sites for hydroxylation is 2. The number of fused-ring (bicyclic) bond motifs is 1. The lowest BCUT2D eigenvalue weighted by Gasteiger charge is -2.30. The van der Waals surface area contributed by atoms with Gasteiger partial charge in [-0.15, -0.1) is 0 Å². The molecule has 2 aliphatic rings. The van der Waals surface area contributed by atoms with E-state index in [0.717, 1.165) is 55.6 Å². The molecule has 1 N–H and O–H groups in total. The van der Waals surface area contributed by atoms with Crippen molar-refractivity contribution in [2.24, 2.45) is 0 Å². The predicted molar refractivity (Wildman–Crippen MR) is 136 cm³/mol. The summed E-state index contributed by atoms with van der Waals surface area (Å²) in [5.74, 6) is 1.89. The number of nitrogens with zero attached hydrogens (tertiary/aromatic N) is 1. The minimum absolute atomic E-state index is 0.0239. The first-order chi connectivity index (χ1) is 17.0. The third-order valence-electron chi connectivity index (χ3n) is 6.88. The molecule has 35 heavy (non-hydrogen) atoms. The van der Waals surface area contributed by atoms with E-state index in [0.29, 0.717) is 6.42 Å². The standard InChI is InChI=1S/C28H32N2O4S/c31-35(32,19-16-21-14-17-29-18-15-21)30-24-7-9-25(10-8-24)33-26-11-13-28-23(20-26)6-12-27(34-28)22-4-2-1-3-5-22/h1-5,11,13-15,17-18,20,24-25,27,30H,6-10,12,16,19H2/t24-,25-,27-/m0/s1. The second-order valence-corrected chi connectivity index (χ2v) is 11.3. The molecule has 1 aliphatic heterocycles. The molecule has 0 spiro atoms. The van der Waals surface area contributed by atoms with Crippen LogP contribution in [0.15, 0.2) is 73.1 Å². The summed E-state index contributed by atoms with van der Waals surface area (Å²) < 4.78 is 40.5. The van der Waals surface area contributed by atoms with Gasteiger partial charge in [-0.25, -0.2) is 13.1 Å². The van der Waals surface area contributed by atoms with Gasteiger partial charge in [0.1, 0.15) is 17.6 Å². The molecular formula is C28H32N2O4S. The van der Waals surface area contributed by atoms with Crippen LogP contribution in [0, 0.1) is 0 Å². The molecule has 5 rings (SSSR count). The molecular weight excluding hydrogens is 460 g/mol. The summed E-state index contributed by atoms with van der Waals surface area (Å²) in [4.78, 5) is 3.97. The zero-order valence-electron chi connectivity index (χ0n) is 19.8. The van der Waals surface area contributed by atoms with Gasteiger partial charge >= 0.3 is 0 Å². The van der Waals surface area contributed by atoms with E-state index >= 15 is 0 Å². The van der Waals surface area contributed by atoms with Gasteiger partial charge in [-0.3, -0.25) is 4.98 Å². The maximum Gasteiger partial charge on any atom is 0.212 e. The van der Waals surface area contributed by atoms with Crippen molar-refractivity contribution in [3.63, 3.8) is 0 Å². The minimum Gasteiger partial charge on any atom is -0.490 e. The van der Waals surface area contributed by atoms with E-state index in [1.54, 1.807) is 12.4 Å². The van der Waals surface area contributed by atoms with Gasteiger partial charge in [0.25, 0.3) is 0 Å². The van der Waals surface area contributed by atoms with Gasteiger partial charge in [0, 0.05) is 18.4 Å². The second-order valence-electron chi connectivity index (χ2n) is 9.46. The first-order valence-corrected chi connectivity index (χ1v) is 14.1. The Kier molecular flexibility index (Phi) is 7.35. The summed E-state index contributed by atoms with van der Waals surface area (Å²) in [5, 5.41) is 0. The molecule has 2 aromatic carbocycles. The first-order valence-electron chi connectivity index (χ1n) is 12.4. The number of nitrogens with one attached hydrogen (secondary N) is 1. The average Bonchev–Trinajstić information content (AvgIpc) is 2.89. The van der Waals surface area contributed by atoms with E-state index < -0.39 is 10.0 Å². The zero-order chi connectivity index (χ0) is 24.1. The average molecular weight is 493 g/mol. The predicted octanol–water partition coefficient (Wildman–Crippen LogP) is 5.00. The maximum atomic E-state index is 12.5. The normalized spacial score (nSPS) is 22.1. The fourth-order valence-electron chi connectivity index (χ4n) is 4.95. The quantitative estimate of drug-likeness (QED) is 0.479. The Morgan fingerprint density at radius 3 is 2.49 bits per heavy atom.